The lowest BCUT2D eigenvalue weighted by Gasteiger charge is -2.59. The van der Waals surface area contributed by atoms with E-state index in [1.54, 1.807) is 0 Å². The van der Waals surface area contributed by atoms with E-state index in [9.17, 15) is 9.59 Å². The first kappa shape index (κ1) is 22.5. The van der Waals surface area contributed by atoms with Gasteiger partial charge in [-0.1, -0.05) is 37.6 Å². The first-order valence-corrected chi connectivity index (χ1v) is 13.7. The van der Waals surface area contributed by atoms with Gasteiger partial charge in [-0.15, -0.1) is 0 Å². The van der Waals surface area contributed by atoms with Crippen molar-refractivity contribution in [3.05, 3.63) is 42.0 Å². The predicted molar refractivity (Wildman–Crippen MR) is 136 cm³/mol. The number of carbonyl (C=O) groups is 2. The highest BCUT2D eigenvalue weighted by molar-refractivity contribution is 5.92. The van der Waals surface area contributed by atoms with Crippen LogP contribution in [0.3, 0.4) is 0 Å². The van der Waals surface area contributed by atoms with Gasteiger partial charge in [0.2, 0.25) is 0 Å². The maximum Gasteiger partial charge on any atom is 0.155 e. The van der Waals surface area contributed by atoms with Crippen LogP contribution < -0.4 is 4.90 Å². The van der Waals surface area contributed by atoms with Crippen LogP contribution in [-0.4, -0.2) is 49.2 Å². The molecule has 4 nitrogen and oxygen atoms in total. The number of rotatable bonds is 3. The van der Waals surface area contributed by atoms with Gasteiger partial charge < -0.3 is 4.90 Å². The van der Waals surface area contributed by atoms with Crippen LogP contribution in [0.5, 0.6) is 0 Å². The van der Waals surface area contributed by atoms with Crippen molar-refractivity contribution in [3.8, 4) is 0 Å². The van der Waals surface area contributed by atoms with Gasteiger partial charge in [0, 0.05) is 56.7 Å². The Morgan fingerprint density at radius 3 is 2.38 bits per heavy atom. The van der Waals surface area contributed by atoms with E-state index in [4.69, 9.17) is 0 Å². The van der Waals surface area contributed by atoms with Gasteiger partial charge in [0.25, 0.3) is 0 Å². The van der Waals surface area contributed by atoms with Crippen LogP contribution in [0.4, 0.5) is 5.69 Å². The standard InChI is InChI=1S/C30H40N2O2/c1-29-12-10-23(33)19-27(29)21(18-24-25-8-9-28(34)30(25,2)13-11-26(24)29)20-31-14-16-32(17-15-31)22-6-4-3-5-7-22/h3-7,19,21,24-26H,8-18,20H2,1-2H3/t21-,24+,25+,26+,29-,30+/m1/s1. The molecule has 0 N–H and O–H groups in total. The van der Waals surface area contributed by atoms with Crippen LogP contribution in [0, 0.1) is 34.5 Å². The average Bonchev–Trinajstić information content (AvgIpc) is 3.16. The van der Waals surface area contributed by atoms with Crippen molar-refractivity contribution in [2.24, 2.45) is 34.5 Å². The summed E-state index contributed by atoms with van der Waals surface area (Å²) < 4.78 is 0. The second kappa shape index (κ2) is 8.33. The largest absolute Gasteiger partial charge is 0.369 e. The van der Waals surface area contributed by atoms with Crippen molar-refractivity contribution in [1.29, 1.82) is 0 Å². The Balaban J connectivity index is 1.23. The first-order chi connectivity index (χ1) is 16.4. The topological polar surface area (TPSA) is 40.6 Å². The molecular formula is C30H40N2O2. The van der Waals surface area contributed by atoms with Crippen molar-refractivity contribution in [2.45, 2.75) is 58.8 Å². The highest BCUT2D eigenvalue weighted by atomic mass is 16.1. The van der Waals surface area contributed by atoms with Crippen molar-refractivity contribution in [1.82, 2.24) is 4.90 Å². The molecular weight excluding hydrogens is 420 g/mol. The lowest BCUT2D eigenvalue weighted by molar-refractivity contribution is -0.133. The normalized spacial score (nSPS) is 40.4. The summed E-state index contributed by atoms with van der Waals surface area (Å²) >= 11 is 0. The third kappa shape index (κ3) is 3.51. The molecule has 1 aromatic carbocycles. The smallest absolute Gasteiger partial charge is 0.155 e. The minimum absolute atomic E-state index is 0.0882. The zero-order chi connectivity index (χ0) is 23.5. The van der Waals surface area contributed by atoms with Gasteiger partial charge in [0.1, 0.15) is 5.78 Å². The summed E-state index contributed by atoms with van der Waals surface area (Å²) in [7, 11) is 0. The fraction of sp³-hybridized carbons (Fsp3) is 0.667. The van der Waals surface area contributed by atoms with Gasteiger partial charge >= 0.3 is 0 Å². The third-order valence-corrected chi connectivity index (χ3v) is 10.8. The van der Waals surface area contributed by atoms with Crippen LogP contribution in [0.15, 0.2) is 42.0 Å². The Labute approximate surface area is 204 Å². The summed E-state index contributed by atoms with van der Waals surface area (Å²) in [5, 5.41) is 0. The fourth-order valence-electron chi connectivity index (χ4n) is 8.87. The van der Waals surface area contributed by atoms with E-state index in [1.165, 1.54) is 17.7 Å². The molecule has 0 amide bonds. The molecule has 0 radical (unpaired) electrons. The molecule has 0 spiro atoms. The molecule has 5 aliphatic rings. The van der Waals surface area contributed by atoms with Gasteiger partial charge in [-0.25, -0.2) is 0 Å². The molecule has 4 fully saturated rings. The number of carbonyl (C=O) groups excluding carboxylic acids is 2. The summed E-state index contributed by atoms with van der Waals surface area (Å²) in [6, 6.07) is 10.8. The maximum atomic E-state index is 12.9. The zero-order valence-corrected chi connectivity index (χ0v) is 21.0. The summed E-state index contributed by atoms with van der Waals surface area (Å²) in [4.78, 5) is 30.6. The predicted octanol–water partition coefficient (Wildman–Crippen LogP) is 5.14. The molecule has 6 rings (SSSR count). The molecule has 0 unspecified atom stereocenters. The van der Waals surface area contributed by atoms with Gasteiger partial charge in [0.15, 0.2) is 5.78 Å². The highest BCUT2D eigenvalue weighted by Gasteiger charge is 2.60. The molecule has 182 valence electrons. The van der Waals surface area contributed by atoms with E-state index in [2.05, 4.69) is 60.1 Å². The number of benzene rings is 1. The van der Waals surface area contributed by atoms with Gasteiger partial charge in [0.05, 0.1) is 0 Å². The number of anilines is 1. The molecule has 0 aromatic heterocycles. The monoisotopic (exact) mass is 460 g/mol. The van der Waals surface area contributed by atoms with Crippen LogP contribution in [-0.2, 0) is 9.59 Å². The molecule has 1 heterocycles. The van der Waals surface area contributed by atoms with Gasteiger partial charge in [-0.2, -0.15) is 0 Å². The molecule has 1 aliphatic heterocycles. The lowest BCUT2D eigenvalue weighted by atomic mass is 9.45. The Morgan fingerprint density at radius 2 is 1.62 bits per heavy atom. The van der Waals surface area contributed by atoms with E-state index in [0.717, 1.165) is 64.8 Å². The molecule has 1 aromatic rings. The number of ketones is 2. The van der Waals surface area contributed by atoms with Gasteiger partial charge in [-0.05, 0) is 79.4 Å². The number of fused-ring (bicyclic) bond motifs is 5. The van der Waals surface area contributed by atoms with Crippen molar-refractivity contribution >= 4 is 17.3 Å². The molecule has 3 saturated carbocycles. The lowest BCUT2D eigenvalue weighted by Crippen LogP contribution is -2.55. The number of Topliss-reactive ketones (excluding diaryl/α,β-unsaturated/α-hetero) is 1. The molecule has 6 atom stereocenters. The second-order valence-electron chi connectivity index (χ2n) is 12.3. The summed E-state index contributed by atoms with van der Waals surface area (Å²) in [6.45, 7) is 10.1. The maximum absolute atomic E-state index is 12.9. The molecule has 4 heteroatoms. The Bertz CT molecular complexity index is 994. The number of hydrogen-bond donors (Lipinski definition) is 0. The minimum Gasteiger partial charge on any atom is -0.369 e. The van der Waals surface area contributed by atoms with Crippen molar-refractivity contribution < 1.29 is 9.59 Å². The first-order valence-electron chi connectivity index (χ1n) is 13.7. The quantitative estimate of drug-likeness (QED) is 0.627. The Hall–Kier alpha value is -1.94. The zero-order valence-electron chi connectivity index (χ0n) is 21.0. The number of hydrogen-bond acceptors (Lipinski definition) is 4. The van der Waals surface area contributed by atoms with E-state index in [1.807, 2.05) is 0 Å². The summed E-state index contributed by atoms with van der Waals surface area (Å²) in [6.07, 6.45) is 9.04. The summed E-state index contributed by atoms with van der Waals surface area (Å²) in [5.74, 6) is 3.14. The SMILES string of the molecule is C[C@]12CCC(=O)C=C1[C@@H](CN1CCN(c3ccccc3)CC1)C[C@@H]1[C@@H]2CC[C@]2(C)C(=O)CC[C@@H]12. The van der Waals surface area contributed by atoms with Gasteiger partial charge in [-0.3, -0.25) is 14.5 Å². The summed E-state index contributed by atoms with van der Waals surface area (Å²) in [5.41, 5.74) is 2.83. The van der Waals surface area contributed by atoms with Crippen LogP contribution in [0.25, 0.3) is 0 Å². The Morgan fingerprint density at radius 1 is 0.882 bits per heavy atom. The second-order valence-corrected chi connectivity index (χ2v) is 12.3. The van der Waals surface area contributed by atoms with E-state index >= 15 is 0 Å². The number of piperazine rings is 1. The van der Waals surface area contributed by atoms with Crippen LogP contribution in [0.1, 0.15) is 58.8 Å². The fourth-order valence-corrected chi connectivity index (χ4v) is 8.87. The Kier molecular flexibility index (Phi) is 5.51. The van der Waals surface area contributed by atoms with Crippen molar-refractivity contribution in [2.75, 3.05) is 37.6 Å². The third-order valence-electron chi connectivity index (χ3n) is 10.8. The molecule has 0 bridgehead atoms. The number of nitrogens with zero attached hydrogens (tertiary/aromatic N) is 2. The van der Waals surface area contributed by atoms with Crippen molar-refractivity contribution in [3.63, 3.8) is 0 Å². The molecule has 1 saturated heterocycles. The minimum atomic E-state index is -0.0882. The van der Waals surface area contributed by atoms with Crippen LogP contribution >= 0.6 is 0 Å². The van der Waals surface area contributed by atoms with E-state index < -0.39 is 0 Å². The van der Waals surface area contributed by atoms with E-state index in [-0.39, 0.29) is 10.8 Å². The molecule has 4 aliphatic carbocycles. The molecule has 34 heavy (non-hydrogen) atoms. The van der Waals surface area contributed by atoms with Crippen LogP contribution in [0.2, 0.25) is 0 Å². The number of para-hydroxylation sites is 1. The van der Waals surface area contributed by atoms with E-state index in [0.29, 0.717) is 41.7 Å². The highest BCUT2D eigenvalue weighted by Crippen LogP contribution is 2.65. The average molecular weight is 461 g/mol.